The lowest BCUT2D eigenvalue weighted by atomic mass is 10.1. The summed E-state index contributed by atoms with van der Waals surface area (Å²) >= 11 is 1.24. The number of amides is 1. The van der Waals surface area contributed by atoms with Crippen molar-refractivity contribution in [3.05, 3.63) is 57.8 Å². The van der Waals surface area contributed by atoms with E-state index in [-0.39, 0.29) is 5.91 Å². The second-order valence-corrected chi connectivity index (χ2v) is 6.84. The highest BCUT2D eigenvalue weighted by Crippen LogP contribution is 2.30. The number of anilines is 1. The van der Waals surface area contributed by atoms with Crippen molar-refractivity contribution in [3.63, 3.8) is 0 Å². The van der Waals surface area contributed by atoms with Gasteiger partial charge in [-0.2, -0.15) is 0 Å². The Morgan fingerprint density at radius 1 is 1.15 bits per heavy atom. The van der Waals surface area contributed by atoms with E-state index in [2.05, 4.69) is 10.3 Å². The molecular formula is C19H18N2O4S. The molecule has 0 bridgehead atoms. The number of nitrogens with zero attached hydrogens (tertiary/aromatic N) is 1. The summed E-state index contributed by atoms with van der Waals surface area (Å²) in [4.78, 5) is 29.6. The number of aromatic nitrogens is 1. The number of esters is 1. The second-order valence-electron chi connectivity index (χ2n) is 5.84. The third kappa shape index (κ3) is 3.52. The maximum Gasteiger partial charge on any atom is 0.339 e. The predicted molar refractivity (Wildman–Crippen MR) is 99.8 cm³/mol. The van der Waals surface area contributed by atoms with Crippen LogP contribution in [0.3, 0.4) is 0 Å². The molecule has 6 nitrogen and oxygen atoms in total. The monoisotopic (exact) mass is 370 g/mol. The van der Waals surface area contributed by atoms with Crippen LogP contribution in [0.2, 0.25) is 0 Å². The van der Waals surface area contributed by atoms with Crippen LogP contribution in [0.25, 0.3) is 10.8 Å². The molecule has 2 aromatic heterocycles. The van der Waals surface area contributed by atoms with Crippen LogP contribution >= 0.6 is 11.3 Å². The minimum atomic E-state index is -0.503. The Bertz CT molecular complexity index is 987. The molecule has 0 unspecified atom stereocenters. The van der Waals surface area contributed by atoms with Crippen molar-refractivity contribution in [2.75, 3.05) is 12.4 Å². The first-order valence-corrected chi connectivity index (χ1v) is 8.75. The highest BCUT2D eigenvalue weighted by atomic mass is 32.1. The lowest BCUT2D eigenvalue weighted by molar-refractivity contribution is 0.0602. The molecule has 3 rings (SSSR count). The van der Waals surface area contributed by atoms with Crippen molar-refractivity contribution in [3.8, 4) is 10.8 Å². The van der Waals surface area contributed by atoms with Crippen molar-refractivity contribution in [2.24, 2.45) is 0 Å². The van der Waals surface area contributed by atoms with Crippen LogP contribution in [-0.4, -0.2) is 24.0 Å². The third-order valence-corrected chi connectivity index (χ3v) is 4.95. The van der Waals surface area contributed by atoms with Crippen LogP contribution in [0.4, 0.5) is 5.69 Å². The number of hydrogen-bond donors (Lipinski definition) is 1. The number of aryl methyl sites for hydroxylation is 3. The fourth-order valence-corrected chi connectivity index (χ4v) is 3.41. The van der Waals surface area contributed by atoms with Gasteiger partial charge in [0.1, 0.15) is 10.6 Å². The first-order chi connectivity index (χ1) is 12.4. The molecule has 1 N–H and O–H groups in total. The highest BCUT2D eigenvalue weighted by Gasteiger charge is 2.20. The zero-order valence-corrected chi connectivity index (χ0v) is 15.7. The Morgan fingerprint density at radius 3 is 2.58 bits per heavy atom. The lowest BCUT2D eigenvalue weighted by Gasteiger charge is -2.10. The maximum absolute atomic E-state index is 12.7. The van der Waals surface area contributed by atoms with Gasteiger partial charge in [0.15, 0.2) is 10.8 Å². The molecule has 134 valence electrons. The van der Waals surface area contributed by atoms with Gasteiger partial charge >= 0.3 is 5.97 Å². The molecule has 7 heteroatoms. The second kappa shape index (κ2) is 7.13. The lowest BCUT2D eigenvalue weighted by Crippen LogP contribution is -2.15. The summed E-state index contributed by atoms with van der Waals surface area (Å²) in [7, 11) is 1.31. The molecule has 0 atom stereocenters. The Kier molecular flexibility index (Phi) is 4.90. The SMILES string of the molecule is COC(=O)c1cc(C)ccc1NC(=O)c1sc(-c2ccc(C)o2)nc1C. The van der Waals surface area contributed by atoms with Crippen molar-refractivity contribution in [1.82, 2.24) is 4.98 Å². The van der Waals surface area contributed by atoms with Gasteiger partial charge in [-0.15, -0.1) is 11.3 Å². The molecule has 26 heavy (non-hydrogen) atoms. The zero-order chi connectivity index (χ0) is 18.8. The Morgan fingerprint density at radius 2 is 1.92 bits per heavy atom. The van der Waals surface area contributed by atoms with E-state index >= 15 is 0 Å². The topological polar surface area (TPSA) is 81.4 Å². The third-order valence-electron chi connectivity index (χ3n) is 3.78. The van der Waals surface area contributed by atoms with Crippen LogP contribution in [0.1, 0.15) is 37.0 Å². The largest absolute Gasteiger partial charge is 0.465 e. The van der Waals surface area contributed by atoms with Gasteiger partial charge in [-0.1, -0.05) is 11.6 Å². The first kappa shape index (κ1) is 17.9. The molecule has 0 fully saturated rings. The summed E-state index contributed by atoms with van der Waals surface area (Å²) in [6.45, 7) is 5.48. The number of rotatable bonds is 4. The molecule has 3 aromatic rings. The van der Waals surface area contributed by atoms with E-state index in [0.717, 1.165) is 11.3 Å². The smallest absolute Gasteiger partial charge is 0.339 e. The summed E-state index contributed by atoms with van der Waals surface area (Å²) in [5.41, 5.74) is 2.21. The Labute approximate surface area is 154 Å². The molecule has 0 saturated carbocycles. The van der Waals surface area contributed by atoms with Gasteiger partial charge in [0.2, 0.25) is 0 Å². The van der Waals surface area contributed by atoms with E-state index in [9.17, 15) is 9.59 Å². The molecule has 0 saturated heterocycles. The fourth-order valence-electron chi connectivity index (χ4n) is 2.49. The summed E-state index contributed by atoms with van der Waals surface area (Å²) < 4.78 is 10.4. The Hall–Kier alpha value is -2.93. The van der Waals surface area contributed by atoms with Gasteiger partial charge in [0.25, 0.3) is 5.91 Å². The average Bonchev–Trinajstić information content (AvgIpc) is 3.21. The summed E-state index contributed by atoms with van der Waals surface area (Å²) in [5.74, 6) is 0.571. The van der Waals surface area contributed by atoms with Gasteiger partial charge in [-0.3, -0.25) is 4.79 Å². The molecular weight excluding hydrogens is 352 g/mol. The molecule has 0 aliphatic carbocycles. The maximum atomic E-state index is 12.7. The fraction of sp³-hybridized carbons (Fsp3) is 0.211. The van der Waals surface area contributed by atoms with E-state index < -0.39 is 5.97 Å². The number of hydrogen-bond acceptors (Lipinski definition) is 6. The van der Waals surface area contributed by atoms with Crippen molar-refractivity contribution in [1.29, 1.82) is 0 Å². The van der Waals surface area contributed by atoms with Crippen molar-refractivity contribution < 1.29 is 18.7 Å². The van der Waals surface area contributed by atoms with Crippen LogP contribution in [0.15, 0.2) is 34.7 Å². The van der Waals surface area contributed by atoms with E-state index in [1.54, 1.807) is 19.1 Å². The van der Waals surface area contributed by atoms with E-state index in [1.165, 1.54) is 18.4 Å². The number of benzene rings is 1. The van der Waals surface area contributed by atoms with Crippen molar-refractivity contribution >= 4 is 28.9 Å². The minimum Gasteiger partial charge on any atom is -0.465 e. The minimum absolute atomic E-state index is 0.310. The number of furan rings is 1. The van der Waals surface area contributed by atoms with Gasteiger partial charge < -0.3 is 14.5 Å². The number of nitrogens with one attached hydrogen (secondary N) is 1. The van der Waals surface area contributed by atoms with E-state index in [0.29, 0.717) is 32.6 Å². The van der Waals surface area contributed by atoms with Gasteiger partial charge in [0.05, 0.1) is 24.1 Å². The molecule has 1 aromatic carbocycles. The summed E-state index contributed by atoms with van der Waals surface area (Å²) in [6, 6.07) is 8.86. The molecule has 1 amide bonds. The Balaban J connectivity index is 1.90. The first-order valence-electron chi connectivity index (χ1n) is 7.93. The van der Waals surface area contributed by atoms with Gasteiger partial charge in [0, 0.05) is 0 Å². The normalized spacial score (nSPS) is 10.6. The summed E-state index contributed by atoms with van der Waals surface area (Å²) in [6.07, 6.45) is 0. The van der Waals surface area contributed by atoms with Crippen LogP contribution in [0.5, 0.6) is 0 Å². The van der Waals surface area contributed by atoms with Crippen LogP contribution < -0.4 is 5.32 Å². The number of thiazole rings is 1. The number of methoxy groups -OCH3 is 1. The molecule has 0 aliphatic heterocycles. The number of carbonyl (C=O) groups is 2. The number of carbonyl (C=O) groups excluding carboxylic acids is 2. The van der Waals surface area contributed by atoms with Crippen molar-refractivity contribution in [2.45, 2.75) is 20.8 Å². The molecule has 0 radical (unpaired) electrons. The highest BCUT2D eigenvalue weighted by molar-refractivity contribution is 7.17. The number of ether oxygens (including phenoxy) is 1. The van der Waals surface area contributed by atoms with E-state index in [4.69, 9.17) is 9.15 Å². The standard InChI is InChI=1S/C19H18N2O4S/c1-10-5-7-14(13(9-10)19(23)24-4)21-17(22)16-12(3)20-18(26-16)15-8-6-11(2)25-15/h5-9H,1-4H3,(H,21,22). The summed E-state index contributed by atoms with van der Waals surface area (Å²) in [5, 5.41) is 3.42. The molecule has 0 aliphatic rings. The predicted octanol–water partition coefficient (Wildman–Crippen LogP) is 4.37. The van der Waals surface area contributed by atoms with Gasteiger partial charge in [-0.05, 0) is 45.0 Å². The quantitative estimate of drug-likeness (QED) is 0.690. The van der Waals surface area contributed by atoms with Gasteiger partial charge in [-0.25, -0.2) is 9.78 Å². The molecule has 2 heterocycles. The molecule has 0 spiro atoms. The van der Waals surface area contributed by atoms with Crippen LogP contribution in [-0.2, 0) is 4.74 Å². The average molecular weight is 370 g/mol. The van der Waals surface area contributed by atoms with Crippen LogP contribution in [0, 0.1) is 20.8 Å². The van der Waals surface area contributed by atoms with E-state index in [1.807, 2.05) is 32.0 Å². The zero-order valence-electron chi connectivity index (χ0n) is 14.9.